The van der Waals surface area contributed by atoms with Crippen LogP contribution < -0.4 is 10.6 Å². The van der Waals surface area contributed by atoms with Crippen LogP contribution in [0.25, 0.3) is 11.0 Å². The van der Waals surface area contributed by atoms with Crippen molar-refractivity contribution in [2.45, 2.75) is 24.9 Å². The number of alkyl halides is 2. The lowest BCUT2D eigenvalue weighted by atomic mass is 10.0. The molecule has 0 unspecified atom stereocenters. The Morgan fingerprint density at radius 2 is 2.11 bits per heavy atom. The molecule has 1 atom stereocenters. The lowest BCUT2D eigenvalue weighted by molar-refractivity contribution is -0.0395. The van der Waals surface area contributed by atoms with Crippen LogP contribution in [0.5, 0.6) is 0 Å². The molecule has 1 aromatic carbocycles. The van der Waals surface area contributed by atoms with Gasteiger partial charge in [0.1, 0.15) is 11.9 Å². The number of hydrogen-bond acceptors (Lipinski definition) is 5. The molecule has 2 aromatic heterocycles. The molecule has 0 bridgehead atoms. The van der Waals surface area contributed by atoms with Crippen molar-refractivity contribution in [3.8, 4) is 6.07 Å². The van der Waals surface area contributed by atoms with Gasteiger partial charge in [-0.3, -0.25) is 4.98 Å². The van der Waals surface area contributed by atoms with E-state index in [1.165, 1.54) is 18.3 Å². The van der Waals surface area contributed by atoms with Crippen LogP contribution in [-0.4, -0.2) is 39.6 Å². The van der Waals surface area contributed by atoms with Gasteiger partial charge >= 0.3 is 0 Å². The zero-order chi connectivity index (χ0) is 19.9. The number of imidazole rings is 1. The summed E-state index contributed by atoms with van der Waals surface area (Å²) in [6, 6.07) is 8.30. The van der Waals surface area contributed by atoms with Crippen LogP contribution in [-0.2, 0) is 6.54 Å². The monoisotopic (exact) mass is 386 g/mol. The van der Waals surface area contributed by atoms with Crippen molar-refractivity contribution in [1.29, 1.82) is 5.26 Å². The Morgan fingerprint density at radius 3 is 2.79 bits per heavy atom. The number of fused-ring (bicyclic) bond motifs is 1. The molecule has 9 heteroatoms. The molecule has 0 radical (unpaired) electrons. The maximum absolute atomic E-state index is 13.8. The molecule has 3 aromatic rings. The maximum atomic E-state index is 13.8. The van der Waals surface area contributed by atoms with E-state index in [-0.39, 0.29) is 19.5 Å². The first-order valence-corrected chi connectivity index (χ1v) is 8.76. The summed E-state index contributed by atoms with van der Waals surface area (Å²) in [6.45, 7) is 0.332. The summed E-state index contributed by atoms with van der Waals surface area (Å²) < 4.78 is 43.1. The van der Waals surface area contributed by atoms with Crippen molar-refractivity contribution in [2.24, 2.45) is 5.73 Å². The SMILES string of the molecule is N#Cc1ccc(Cn2c(N3CCC(F)(F)[C@H](N)C3)nc3cc(F)ccc32)nc1. The predicted molar refractivity (Wildman–Crippen MR) is 97.5 cm³/mol. The van der Waals surface area contributed by atoms with E-state index in [1.54, 1.807) is 27.7 Å². The van der Waals surface area contributed by atoms with Gasteiger partial charge in [0.05, 0.1) is 34.9 Å². The maximum Gasteiger partial charge on any atom is 0.266 e. The van der Waals surface area contributed by atoms with Crippen molar-refractivity contribution in [1.82, 2.24) is 14.5 Å². The third-order valence-electron chi connectivity index (χ3n) is 4.92. The van der Waals surface area contributed by atoms with E-state index in [4.69, 9.17) is 11.0 Å². The van der Waals surface area contributed by atoms with Gasteiger partial charge in [-0.05, 0) is 24.3 Å². The normalized spacial score (nSPS) is 19.0. The standard InChI is InChI=1S/C19H17F3N6/c20-13-2-4-16-15(7-13)26-18(27-6-5-19(21,22)17(24)11-27)28(16)10-14-3-1-12(8-23)9-25-14/h1-4,7,9,17H,5-6,10-11,24H2/t17-/m1/s1. The van der Waals surface area contributed by atoms with Crippen molar-refractivity contribution in [2.75, 3.05) is 18.0 Å². The largest absolute Gasteiger partial charge is 0.340 e. The van der Waals surface area contributed by atoms with Gasteiger partial charge in [-0.15, -0.1) is 0 Å². The summed E-state index contributed by atoms with van der Waals surface area (Å²) in [5.74, 6) is -2.91. The summed E-state index contributed by atoms with van der Waals surface area (Å²) >= 11 is 0. The van der Waals surface area contributed by atoms with Gasteiger partial charge in [-0.2, -0.15) is 5.26 Å². The Morgan fingerprint density at radius 1 is 1.29 bits per heavy atom. The molecular formula is C19H17F3N6. The smallest absolute Gasteiger partial charge is 0.266 e. The minimum absolute atomic E-state index is 0.0559. The number of piperidine rings is 1. The number of pyridine rings is 1. The molecule has 6 nitrogen and oxygen atoms in total. The van der Waals surface area contributed by atoms with Crippen molar-refractivity contribution in [3.63, 3.8) is 0 Å². The molecule has 144 valence electrons. The van der Waals surface area contributed by atoms with Gasteiger partial charge in [-0.1, -0.05) is 0 Å². The molecule has 1 saturated heterocycles. The fourth-order valence-corrected chi connectivity index (χ4v) is 3.35. The molecule has 28 heavy (non-hydrogen) atoms. The fourth-order valence-electron chi connectivity index (χ4n) is 3.35. The Kier molecular flexibility index (Phi) is 4.43. The van der Waals surface area contributed by atoms with E-state index in [2.05, 4.69) is 9.97 Å². The van der Waals surface area contributed by atoms with Crippen LogP contribution in [0.15, 0.2) is 36.5 Å². The van der Waals surface area contributed by atoms with Crippen LogP contribution in [0.4, 0.5) is 19.1 Å². The molecule has 0 spiro atoms. The average molecular weight is 386 g/mol. The second-order valence-corrected chi connectivity index (χ2v) is 6.84. The Bertz CT molecular complexity index is 1050. The van der Waals surface area contributed by atoms with Gasteiger partial charge in [0.2, 0.25) is 5.95 Å². The molecule has 1 aliphatic heterocycles. The molecule has 0 amide bonds. The van der Waals surface area contributed by atoms with Crippen molar-refractivity contribution >= 4 is 17.0 Å². The van der Waals surface area contributed by atoms with Gasteiger partial charge < -0.3 is 15.2 Å². The number of hydrogen-bond donors (Lipinski definition) is 1. The number of nitrogens with zero attached hydrogens (tertiary/aromatic N) is 5. The number of anilines is 1. The van der Waals surface area contributed by atoms with Crippen LogP contribution >= 0.6 is 0 Å². The third-order valence-corrected chi connectivity index (χ3v) is 4.92. The molecule has 0 aliphatic carbocycles. The van der Waals surface area contributed by atoms with Crippen molar-refractivity contribution < 1.29 is 13.2 Å². The summed E-state index contributed by atoms with van der Waals surface area (Å²) in [5, 5.41) is 8.91. The van der Waals surface area contributed by atoms with Crippen LogP contribution in [0, 0.1) is 17.1 Å². The number of rotatable bonds is 3. The summed E-state index contributed by atoms with van der Waals surface area (Å²) in [4.78, 5) is 10.4. The predicted octanol–water partition coefficient (Wildman–Crippen LogP) is 2.66. The first-order valence-electron chi connectivity index (χ1n) is 8.76. The highest BCUT2D eigenvalue weighted by atomic mass is 19.3. The van der Waals surface area contributed by atoms with E-state index >= 15 is 0 Å². The highest BCUT2D eigenvalue weighted by Gasteiger charge is 2.42. The second kappa shape index (κ2) is 6.80. The average Bonchev–Trinajstić information content (AvgIpc) is 3.02. The highest BCUT2D eigenvalue weighted by molar-refractivity contribution is 5.79. The van der Waals surface area contributed by atoms with E-state index in [0.29, 0.717) is 34.8 Å². The molecule has 1 fully saturated rings. The summed E-state index contributed by atoms with van der Waals surface area (Å²) in [7, 11) is 0. The van der Waals surface area contributed by atoms with Crippen LogP contribution in [0.3, 0.4) is 0 Å². The first-order chi connectivity index (χ1) is 13.4. The number of nitrogens with two attached hydrogens (primary N) is 1. The molecule has 1 aliphatic rings. The number of nitriles is 1. The van der Waals surface area contributed by atoms with Crippen LogP contribution in [0.1, 0.15) is 17.7 Å². The zero-order valence-corrected chi connectivity index (χ0v) is 14.8. The Labute approximate surface area is 159 Å². The molecule has 3 heterocycles. The Hall–Kier alpha value is -3.12. The molecule has 4 rings (SSSR count). The van der Waals surface area contributed by atoms with E-state index in [1.807, 2.05) is 6.07 Å². The van der Waals surface area contributed by atoms with Crippen LogP contribution in [0.2, 0.25) is 0 Å². The number of halogens is 3. The summed E-state index contributed by atoms with van der Waals surface area (Å²) in [5.41, 5.74) is 7.85. The number of benzene rings is 1. The zero-order valence-electron chi connectivity index (χ0n) is 14.8. The Balaban J connectivity index is 1.75. The first kappa shape index (κ1) is 18.3. The van der Waals surface area contributed by atoms with Gasteiger partial charge in [0, 0.05) is 31.8 Å². The lowest BCUT2D eigenvalue weighted by Crippen LogP contribution is -2.55. The van der Waals surface area contributed by atoms with Crippen molar-refractivity contribution in [3.05, 3.63) is 53.6 Å². The topological polar surface area (TPSA) is 83.8 Å². The molecule has 0 saturated carbocycles. The van der Waals surface area contributed by atoms with Gasteiger partial charge in [0.25, 0.3) is 5.92 Å². The third kappa shape index (κ3) is 3.27. The van der Waals surface area contributed by atoms with E-state index in [0.717, 1.165) is 0 Å². The highest BCUT2D eigenvalue weighted by Crippen LogP contribution is 2.31. The lowest BCUT2D eigenvalue weighted by Gasteiger charge is -2.37. The quantitative estimate of drug-likeness (QED) is 0.748. The van der Waals surface area contributed by atoms with E-state index in [9.17, 15) is 13.2 Å². The molecular weight excluding hydrogens is 369 g/mol. The minimum atomic E-state index is -2.92. The van der Waals surface area contributed by atoms with Gasteiger partial charge in [-0.25, -0.2) is 18.2 Å². The number of aromatic nitrogens is 3. The minimum Gasteiger partial charge on any atom is -0.340 e. The fraction of sp³-hybridized carbons (Fsp3) is 0.316. The summed E-state index contributed by atoms with van der Waals surface area (Å²) in [6.07, 6.45) is 1.09. The van der Waals surface area contributed by atoms with E-state index < -0.39 is 17.8 Å². The molecule has 2 N–H and O–H groups in total. The van der Waals surface area contributed by atoms with Gasteiger partial charge in [0.15, 0.2) is 0 Å². The second-order valence-electron chi connectivity index (χ2n) is 6.84.